The minimum atomic E-state index is -1.56. The van der Waals surface area contributed by atoms with Gasteiger partial charge in [0.2, 0.25) is 0 Å². The Morgan fingerprint density at radius 3 is 1.95 bits per heavy atom. The molecule has 1 aromatic rings. The predicted octanol–water partition coefficient (Wildman–Crippen LogP) is 5.10. The van der Waals surface area contributed by atoms with E-state index in [9.17, 15) is 19.2 Å². The van der Waals surface area contributed by atoms with Crippen LogP contribution < -0.4 is 15.2 Å². The van der Waals surface area contributed by atoms with Gasteiger partial charge in [-0.3, -0.25) is 9.59 Å². The number of ether oxygens (including phenoxy) is 6. The van der Waals surface area contributed by atoms with Crippen LogP contribution in [0.1, 0.15) is 79.2 Å². The highest BCUT2D eigenvalue weighted by Gasteiger charge is 2.36. The highest BCUT2D eigenvalue weighted by molar-refractivity contribution is 5.81. The summed E-state index contributed by atoms with van der Waals surface area (Å²) in [7, 11) is 1.21. The maximum absolute atomic E-state index is 12.6. The van der Waals surface area contributed by atoms with Crippen molar-refractivity contribution in [2.45, 2.75) is 97.8 Å². The summed E-state index contributed by atoms with van der Waals surface area (Å²) in [5.74, 6) is -1.13. The van der Waals surface area contributed by atoms with Gasteiger partial charge in [0.15, 0.2) is 11.5 Å². The van der Waals surface area contributed by atoms with Gasteiger partial charge in [-0.05, 0) is 50.3 Å². The van der Waals surface area contributed by atoms with Crippen LogP contribution in [0.3, 0.4) is 0 Å². The fourth-order valence-electron chi connectivity index (χ4n) is 3.21. The zero-order valence-electron chi connectivity index (χ0n) is 24.1. The Morgan fingerprint density at radius 1 is 0.872 bits per heavy atom. The van der Waals surface area contributed by atoms with E-state index in [-0.39, 0.29) is 55.4 Å². The summed E-state index contributed by atoms with van der Waals surface area (Å²) in [4.78, 5) is 49.2. The van der Waals surface area contributed by atoms with Crippen LogP contribution in [0.2, 0.25) is 0 Å². The molecule has 0 saturated heterocycles. The van der Waals surface area contributed by atoms with E-state index >= 15 is 0 Å². The normalized spacial score (nSPS) is 14.7. The Balaban J connectivity index is 3.16. The van der Waals surface area contributed by atoms with Crippen molar-refractivity contribution >= 4 is 24.2 Å². The molecule has 220 valence electrons. The molecular weight excluding hydrogens is 510 g/mol. The summed E-state index contributed by atoms with van der Waals surface area (Å²) in [5.41, 5.74) is 5.32. The third-order valence-corrected chi connectivity index (χ3v) is 6.27. The summed E-state index contributed by atoms with van der Waals surface area (Å²) in [6.07, 6.45) is -0.583. The second kappa shape index (κ2) is 16.6. The van der Waals surface area contributed by atoms with E-state index in [0.717, 1.165) is 6.42 Å². The van der Waals surface area contributed by atoms with Crippen molar-refractivity contribution in [1.82, 2.24) is 0 Å². The summed E-state index contributed by atoms with van der Waals surface area (Å²) in [5, 5.41) is 0. The van der Waals surface area contributed by atoms with Crippen molar-refractivity contribution in [2.24, 2.45) is 11.7 Å². The fraction of sp³-hybridized carbons (Fsp3) is 0.643. The van der Waals surface area contributed by atoms with Crippen molar-refractivity contribution in [3.05, 3.63) is 23.8 Å². The first-order valence-electron chi connectivity index (χ1n) is 13.3. The lowest BCUT2D eigenvalue weighted by Gasteiger charge is -2.27. The number of hydrogen-bond acceptors (Lipinski definition) is 11. The third kappa shape index (κ3) is 11.9. The summed E-state index contributed by atoms with van der Waals surface area (Å²) >= 11 is 0. The van der Waals surface area contributed by atoms with Gasteiger partial charge in [0.05, 0.1) is 13.7 Å². The largest absolute Gasteiger partial charge is 0.514 e. The molecule has 0 aliphatic heterocycles. The van der Waals surface area contributed by atoms with E-state index in [0.29, 0.717) is 18.4 Å². The van der Waals surface area contributed by atoms with E-state index < -0.39 is 29.9 Å². The van der Waals surface area contributed by atoms with Crippen LogP contribution in [0.15, 0.2) is 18.2 Å². The molecule has 2 N–H and O–H groups in total. The van der Waals surface area contributed by atoms with Crippen LogP contribution >= 0.6 is 0 Å². The Hall–Kier alpha value is -3.34. The number of methoxy groups -OCH3 is 1. The SMILES string of the molecule is CCC(C)CC(=O)OCC[C@@](N)(Cc1ccc(OC(=O)OC(C)CC)c(OC(=O)OC(C)CC)c1)C(=O)OC. The smallest absolute Gasteiger partial charge is 0.468 e. The fourth-order valence-corrected chi connectivity index (χ4v) is 3.21. The molecule has 1 aromatic carbocycles. The van der Waals surface area contributed by atoms with E-state index in [1.54, 1.807) is 19.9 Å². The van der Waals surface area contributed by atoms with Gasteiger partial charge >= 0.3 is 24.2 Å². The van der Waals surface area contributed by atoms with Gasteiger partial charge in [-0.15, -0.1) is 0 Å². The van der Waals surface area contributed by atoms with Crippen molar-refractivity contribution in [3.8, 4) is 11.5 Å². The Bertz CT molecular complexity index is 966. The van der Waals surface area contributed by atoms with Gasteiger partial charge < -0.3 is 34.2 Å². The molecule has 3 unspecified atom stereocenters. The molecule has 0 amide bonds. The molecule has 0 radical (unpaired) electrons. The molecule has 11 nitrogen and oxygen atoms in total. The second-order valence-electron chi connectivity index (χ2n) is 9.67. The lowest BCUT2D eigenvalue weighted by Crippen LogP contribution is -2.51. The Morgan fingerprint density at radius 2 is 1.44 bits per heavy atom. The first kappa shape index (κ1) is 33.7. The van der Waals surface area contributed by atoms with Crippen molar-refractivity contribution in [2.75, 3.05) is 13.7 Å². The molecule has 0 aliphatic carbocycles. The average Bonchev–Trinajstić information content (AvgIpc) is 2.89. The molecule has 0 saturated carbocycles. The lowest BCUT2D eigenvalue weighted by molar-refractivity contribution is -0.151. The van der Waals surface area contributed by atoms with Crippen LogP contribution in [-0.4, -0.2) is 55.7 Å². The first-order valence-corrected chi connectivity index (χ1v) is 13.3. The Labute approximate surface area is 230 Å². The summed E-state index contributed by atoms with van der Waals surface area (Å²) < 4.78 is 31.1. The standard InChI is InChI=1S/C28H43NO10/c1-8-18(4)15-24(30)35-14-13-28(29,25(31)34-7)17-21-11-12-22(38-26(32)36-19(5)9-2)23(16-21)39-27(33)37-20(6)10-3/h11-12,16,18-20H,8-10,13-15,17,29H2,1-7H3/t18?,19?,20?,28-/m1/s1. The molecule has 0 aromatic heterocycles. The molecule has 0 aliphatic rings. The number of hydrogen-bond donors (Lipinski definition) is 1. The van der Waals surface area contributed by atoms with Crippen molar-refractivity contribution in [3.63, 3.8) is 0 Å². The van der Waals surface area contributed by atoms with Gasteiger partial charge in [0.1, 0.15) is 17.7 Å². The molecule has 0 bridgehead atoms. The number of carbonyl (C=O) groups excluding carboxylic acids is 4. The molecular formula is C28H43NO10. The van der Waals surface area contributed by atoms with E-state index in [1.165, 1.54) is 19.2 Å². The molecule has 11 heteroatoms. The zero-order valence-corrected chi connectivity index (χ0v) is 24.1. The highest BCUT2D eigenvalue weighted by atomic mass is 16.7. The maximum Gasteiger partial charge on any atom is 0.514 e. The third-order valence-electron chi connectivity index (χ3n) is 6.27. The van der Waals surface area contributed by atoms with Crippen molar-refractivity contribution in [1.29, 1.82) is 0 Å². The molecule has 39 heavy (non-hydrogen) atoms. The lowest BCUT2D eigenvalue weighted by atomic mass is 9.88. The second-order valence-corrected chi connectivity index (χ2v) is 9.67. The quantitative estimate of drug-likeness (QED) is 0.176. The average molecular weight is 554 g/mol. The Kier molecular flexibility index (Phi) is 14.3. The van der Waals surface area contributed by atoms with E-state index in [1.807, 2.05) is 27.7 Å². The van der Waals surface area contributed by atoms with Crippen LogP contribution in [0.5, 0.6) is 11.5 Å². The van der Waals surface area contributed by atoms with Crippen LogP contribution in [0.4, 0.5) is 9.59 Å². The number of nitrogens with two attached hydrogens (primary N) is 1. The van der Waals surface area contributed by atoms with Gasteiger partial charge in [0, 0.05) is 19.3 Å². The topological polar surface area (TPSA) is 150 Å². The number of benzene rings is 1. The van der Waals surface area contributed by atoms with Crippen LogP contribution in [0, 0.1) is 5.92 Å². The van der Waals surface area contributed by atoms with Gasteiger partial charge in [-0.2, -0.15) is 0 Å². The number of rotatable bonds is 15. The molecule has 1 rings (SSSR count). The van der Waals surface area contributed by atoms with E-state index in [2.05, 4.69) is 0 Å². The monoisotopic (exact) mass is 553 g/mol. The highest BCUT2D eigenvalue weighted by Crippen LogP contribution is 2.31. The minimum absolute atomic E-state index is 0.0162. The van der Waals surface area contributed by atoms with Crippen molar-refractivity contribution < 1.29 is 47.6 Å². The predicted molar refractivity (Wildman–Crippen MR) is 142 cm³/mol. The first-order chi connectivity index (χ1) is 18.4. The molecule has 0 fully saturated rings. The molecule has 4 atom stereocenters. The van der Waals surface area contributed by atoms with Gasteiger partial charge in [0.25, 0.3) is 0 Å². The molecule has 0 spiro atoms. The molecule has 0 heterocycles. The van der Waals surface area contributed by atoms with E-state index in [4.69, 9.17) is 34.2 Å². The van der Waals surface area contributed by atoms with Crippen LogP contribution in [-0.2, 0) is 35.0 Å². The van der Waals surface area contributed by atoms with Crippen LogP contribution in [0.25, 0.3) is 0 Å². The maximum atomic E-state index is 12.6. The zero-order chi connectivity index (χ0) is 29.6. The van der Waals surface area contributed by atoms with Gasteiger partial charge in [-0.25, -0.2) is 9.59 Å². The number of esters is 2. The summed E-state index contributed by atoms with van der Waals surface area (Å²) in [6.45, 7) is 10.9. The van der Waals surface area contributed by atoms with Gasteiger partial charge in [-0.1, -0.05) is 40.2 Å². The summed E-state index contributed by atoms with van der Waals surface area (Å²) in [6, 6.07) is 4.35. The minimum Gasteiger partial charge on any atom is -0.468 e. The number of carbonyl (C=O) groups is 4.